The van der Waals surface area contributed by atoms with Gasteiger partial charge < -0.3 is 14.6 Å². The Morgan fingerprint density at radius 1 is 1.21 bits per heavy atom. The zero-order valence-electron chi connectivity index (χ0n) is 11.4. The van der Waals surface area contributed by atoms with E-state index in [1.165, 1.54) is 5.56 Å². The van der Waals surface area contributed by atoms with Gasteiger partial charge in [-0.05, 0) is 30.2 Å². The van der Waals surface area contributed by atoms with Crippen LogP contribution in [0.3, 0.4) is 0 Å². The smallest absolute Gasteiger partial charge is 0.174 e. The van der Waals surface area contributed by atoms with E-state index in [0.29, 0.717) is 12.5 Å². The van der Waals surface area contributed by atoms with Crippen molar-refractivity contribution in [2.75, 3.05) is 6.54 Å². The molecule has 1 heterocycles. The highest BCUT2D eigenvalue weighted by atomic mass is 16.5. The van der Waals surface area contributed by atoms with Crippen molar-refractivity contribution >= 4 is 0 Å². The summed E-state index contributed by atoms with van der Waals surface area (Å²) < 4.78 is 10.6. The van der Waals surface area contributed by atoms with E-state index in [0.717, 1.165) is 24.6 Å². The molecule has 0 fully saturated rings. The van der Waals surface area contributed by atoms with Gasteiger partial charge in [-0.1, -0.05) is 31.1 Å². The summed E-state index contributed by atoms with van der Waals surface area (Å²) in [5.41, 5.74) is 1.26. The van der Waals surface area contributed by atoms with Crippen LogP contribution in [0.2, 0.25) is 0 Å². The number of nitrogens with one attached hydrogen (secondary N) is 1. The van der Waals surface area contributed by atoms with Crippen LogP contribution >= 0.6 is 0 Å². The largest absolute Gasteiger partial charge is 0.486 e. The lowest BCUT2D eigenvalue weighted by Crippen LogP contribution is -2.18. The van der Waals surface area contributed by atoms with Crippen LogP contribution in [-0.4, -0.2) is 11.7 Å². The molecule has 0 spiro atoms. The molecular weight excluding hydrogens is 240 g/mol. The molecule has 2 aromatic rings. The van der Waals surface area contributed by atoms with Crippen LogP contribution < -0.4 is 10.1 Å². The van der Waals surface area contributed by atoms with Gasteiger partial charge in [0.2, 0.25) is 0 Å². The molecule has 0 unspecified atom stereocenters. The Balaban J connectivity index is 1.77. The highest BCUT2D eigenvalue weighted by molar-refractivity contribution is 5.27. The highest BCUT2D eigenvalue weighted by Crippen LogP contribution is 2.14. The highest BCUT2D eigenvalue weighted by Gasteiger charge is 2.00. The molecule has 19 heavy (non-hydrogen) atoms. The Labute approximate surface area is 113 Å². The number of hydrogen-bond acceptors (Lipinski definition) is 4. The lowest BCUT2D eigenvalue weighted by atomic mass is 10.2. The van der Waals surface area contributed by atoms with Crippen molar-refractivity contribution in [3.8, 4) is 5.75 Å². The molecule has 1 aromatic carbocycles. The number of benzene rings is 1. The van der Waals surface area contributed by atoms with Gasteiger partial charge in [0.15, 0.2) is 5.76 Å². The van der Waals surface area contributed by atoms with E-state index in [4.69, 9.17) is 9.26 Å². The van der Waals surface area contributed by atoms with Gasteiger partial charge in [0.1, 0.15) is 12.4 Å². The average molecular weight is 260 g/mol. The maximum absolute atomic E-state index is 5.59. The Hall–Kier alpha value is -1.81. The van der Waals surface area contributed by atoms with Crippen molar-refractivity contribution in [3.63, 3.8) is 0 Å². The number of rotatable bonds is 7. The summed E-state index contributed by atoms with van der Waals surface area (Å²) in [6.45, 7) is 6.73. The van der Waals surface area contributed by atoms with Crippen LogP contribution in [0.1, 0.15) is 25.2 Å². The van der Waals surface area contributed by atoms with Gasteiger partial charge in [-0.3, -0.25) is 0 Å². The molecule has 1 N–H and O–H groups in total. The SMILES string of the molecule is CC(C)CNCc1ccc(OCc2ccno2)cc1. The average Bonchev–Trinajstić information content (AvgIpc) is 2.90. The van der Waals surface area contributed by atoms with Crippen molar-refractivity contribution in [2.45, 2.75) is 27.0 Å². The van der Waals surface area contributed by atoms with Crippen molar-refractivity contribution in [2.24, 2.45) is 5.92 Å². The maximum Gasteiger partial charge on any atom is 0.174 e. The van der Waals surface area contributed by atoms with Gasteiger partial charge in [-0.15, -0.1) is 0 Å². The van der Waals surface area contributed by atoms with Gasteiger partial charge in [0, 0.05) is 12.6 Å². The number of aromatic nitrogens is 1. The molecule has 4 heteroatoms. The summed E-state index contributed by atoms with van der Waals surface area (Å²) in [6.07, 6.45) is 1.61. The molecule has 0 aliphatic heterocycles. The number of hydrogen-bond donors (Lipinski definition) is 1. The van der Waals surface area contributed by atoms with E-state index in [9.17, 15) is 0 Å². The van der Waals surface area contributed by atoms with E-state index in [-0.39, 0.29) is 0 Å². The first-order valence-electron chi connectivity index (χ1n) is 6.56. The van der Waals surface area contributed by atoms with E-state index in [1.54, 1.807) is 12.3 Å². The van der Waals surface area contributed by atoms with E-state index in [1.807, 2.05) is 12.1 Å². The third kappa shape index (κ3) is 4.75. The second-order valence-corrected chi connectivity index (χ2v) is 4.94. The van der Waals surface area contributed by atoms with Gasteiger partial charge in [-0.2, -0.15) is 0 Å². The Morgan fingerprint density at radius 3 is 2.63 bits per heavy atom. The van der Waals surface area contributed by atoms with Crippen molar-refractivity contribution in [1.82, 2.24) is 10.5 Å². The summed E-state index contributed by atoms with van der Waals surface area (Å²) in [4.78, 5) is 0. The van der Waals surface area contributed by atoms with Crippen molar-refractivity contribution in [1.29, 1.82) is 0 Å². The fraction of sp³-hybridized carbons (Fsp3) is 0.400. The van der Waals surface area contributed by atoms with Crippen LogP contribution in [0.4, 0.5) is 0 Å². The molecule has 0 radical (unpaired) electrons. The van der Waals surface area contributed by atoms with Crippen molar-refractivity contribution < 1.29 is 9.26 Å². The molecule has 0 bridgehead atoms. The van der Waals surface area contributed by atoms with E-state index >= 15 is 0 Å². The lowest BCUT2D eigenvalue weighted by molar-refractivity contribution is 0.249. The predicted molar refractivity (Wildman–Crippen MR) is 73.8 cm³/mol. The standard InChI is InChI=1S/C15H20N2O2/c1-12(2)9-16-10-13-3-5-14(6-4-13)18-11-15-7-8-17-19-15/h3-8,12,16H,9-11H2,1-2H3. The molecule has 2 rings (SSSR count). The third-order valence-electron chi connectivity index (χ3n) is 2.68. The second kappa shape index (κ2) is 6.95. The van der Waals surface area contributed by atoms with E-state index in [2.05, 4.69) is 36.5 Å². The minimum absolute atomic E-state index is 0.408. The van der Waals surface area contributed by atoms with Crippen molar-refractivity contribution in [3.05, 3.63) is 47.9 Å². The maximum atomic E-state index is 5.59. The second-order valence-electron chi connectivity index (χ2n) is 4.94. The fourth-order valence-electron chi connectivity index (χ4n) is 1.68. The van der Waals surface area contributed by atoms with Gasteiger partial charge >= 0.3 is 0 Å². The monoisotopic (exact) mass is 260 g/mol. The summed E-state index contributed by atoms with van der Waals surface area (Å²) >= 11 is 0. The number of nitrogens with zero attached hydrogens (tertiary/aromatic N) is 1. The first kappa shape index (κ1) is 13.6. The molecule has 1 aromatic heterocycles. The lowest BCUT2D eigenvalue weighted by Gasteiger charge is -2.08. The zero-order chi connectivity index (χ0) is 13.5. The Bertz CT molecular complexity index is 463. The van der Waals surface area contributed by atoms with Crippen LogP contribution in [0.5, 0.6) is 5.75 Å². The molecule has 4 nitrogen and oxygen atoms in total. The molecule has 0 saturated heterocycles. The molecule has 0 atom stereocenters. The molecule has 0 aliphatic carbocycles. The Morgan fingerprint density at radius 2 is 2.00 bits per heavy atom. The number of ether oxygens (including phenoxy) is 1. The molecular formula is C15H20N2O2. The van der Waals surface area contributed by atoms with Crippen LogP contribution in [0.15, 0.2) is 41.1 Å². The van der Waals surface area contributed by atoms with Crippen LogP contribution in [-0.2, 0) is 13.2 Å². The normalized spacial score (nSPS) is 10.9. The molecule has 102 valence electrons. The Kier molecular flexibility index (Phi) is 4.98. The first-order valence-corrected chi connectivity index (χ1v) is 6.56. The zero-order valence-corrected chi connectivity index (χ0v) is 11.4. The van der Waals surface area contributed by atoms with E-state index < -0.39 is 0 Å². The van der Waals surface area contributed by atoms with Gasteiger partial charge in [0.05, 0.1) is 6.20 Å². The quantitative estimate of drug-likeness (QED) is 0.831. The minimum Gasteiger partial charge on any atom is -0.486 e. The summed E-state index contributed by atoms with van der Waals surface area (Å²) in [5.74, 6) is 2.23. The summed E-state index contributed by atoms with van der Waals surface area (Å²) in [5, 5.41) is 7.04. The van der Waals surface area contributed by atoms with Crippen LogP contribution in [0, 0.1) is 5.92 Å². The first-order chi connectivity index (χ1) is 9.24. The summed E-state index contributed by atoms with van der Waals surface area (Å²) in [7, 11) is 0. The van der Waals surface area contributed by atoms with Crippen LogP contribution in [0.25, 0.3) is 0 Å². The van der Waals surface area contributed by atoms with Gasteiger partial charge in [-0.25, -0.2) is 0 Å². The minimum atomic E-state index is 0.408. The molecule has 0 aliphatic rings. The third-order valence-corrected chi connectivity index (χ3v) is 2.68. The molecule has 0 saturated carbocycles. The predicted octanol–water partition coefficient (Wildman–Crippen LogP) is 3.00. The topological polar surface area (TPSA) is 47.3 Å². The van der Waals surface area contributed by atoms with Gasteiger partial charge in [0.25, 0.3) is 0 Å². The molecule has 0 amide bonds. The fourth-order valence-corrected chi connectivity index (χ4v) is 1.68. The summed E-state index contributed by atoms with van der Waals surface area (Å²) in [6, 6.07) is 9.89.